The van der Waals surface area contributed by atoms with Gasteiger partial charge in [-0.15, -0.1) is 0 Å². The summed E-state index contributed by atoms with van der Waals surface area (Å²) in [5.74, 6) is -15.0. The summed E-state index contributed by atoms with van der Waals surface area (Å²) in [5, 5.41) is 64.3. The number of primary amides is 1. The van der Waals surface area contributed by atoms with Crippen LogP contribution in [-0.4, -0.2) is 205 Å². The number of aliphatic hydroxyl groups excluding tert-OH is 1. The van der Waals surface area contributed by atoms with Crippen LogP contribution in [0.2, 0.25) is 0 Å². The number of nitrogens with zero attached hydrogens (tertiary/aromatic N) is 1. The summed E-state index contributed by atoms with van der Waals surface area (Å²) in [6.07, 6.45) is 2.48. The van der Waals surface area contributed by atoms with Crippen molar-refractivity contribution in [1.29, 1.82) is 0 Å². The monoisotopic (exact) mass is 1320 g/mol. The van der Waals surface area contributed by atoms with Crippen LogP contribution in [-0.2, 0) is 75.2 Å². The van der Waals surface area contributed by atoms with E-state index in [4.69, 9.17) is 22.9 Å². The van der Waals surface area contributed by atoms with E-state index in [9.17, 15) is 82.8 Å². The lowest BCUT2D eigenvalue weighted by Crippen LogP contribution is -2.62. The van der Waals surface area contributed by atoms with E-state index < -0.39 is 181 Å². The third-order valence-corrected chi connectivity index (χ3v) is 15.0. The van der Waals surface area contributed by atoms with E-state index in [1.807, 2.05) is 0 Å². The van der Waals surface area contributed by atoms with Crippen LogP contribution in [0.25, 0.3) is 0 Å². The summed E-state index contributed by atoms with van der Waals surface area (Å²) in [4.78, 5) is 182. The molecule has 92 heavy (non-hydrogen) atoms. The van der Waals surface area contributed by atoms with E-state index in [-0.39, 0.29) is 43.7 Å². The van der Waals surface area contributed by atoms with Crippen LogP contribution in [0.5, 0.6) is 5.75 Å². The lowest BCUT2D eigenvalue weighted by atomic mass is 10.00. The summed E-state index contributed by atoms with van der Waals surface area (Å²) >= 11 is 1.25. The zero-order chi connectivity index (χ0) is 69.4. The van der Waals surface area contributed by atoms with E-state index in [0.717, 1.165) is 6.92 Å². The number of rotatable bonds is 44. The third kappa shape index (κ3) is 28.8. The molecule has 1 aromatic carbocycles. The molecule has 0 spiro atoms. The van der Waals surface area contributed by atoms with Gasteiger partial charge < -0.3 is 102 Å². The van der Waals surface area contributed by atoms with Gasteiger partial charge in [0.2, 0.25) is 65.0 Å². The number of carboxylic acids is 2. The number of thioether (sulfide) groups is 1. The average molecular weight is 1320 g/mol. The topological polar surface area (TPSA) is 556 Å². The SMILES string of the molecule is CSCC[C@H](NC(=O)[C@H](CC(=O)O)NC(=O)[C@@H](NC(=O)[C@H](CCCCN)NC(=O)[C@H](Cc1cnc[nH]1)NC(=O)[C@H](C)NC(=O)[C@@H](N)CCCCN)C(C)C)C(=O)N[C@H](C(=O)N[C@@H](CCC(N)=O)C(=O)N[C@@H](Cc1ccc(O)cc1)C(=O)N[C@H](C(=O)O)[C@@H](C)O)C(C)C. The Bertz CT molecular complexity index is 2780. The number of unbranched alkanes of at least 4 members (excludes halogenated alkanes) is 2. The highest BCUT2D eigenvalue weighted by molar-refractivity contribution is 7.98. The van der Waals surface area contributed by atoms with Crippen LogP contribution in [0.1, 0.15) is 117 Å². The number of carbonyl (C=O) groups excluding carboxylic acids is 11. The summed E-state index contributed by atoms with van der Waals surface area (Å²) in [6, 6.07) is -10.9. The molecular weight excluding hydrogens is 1220 g/mol. The maximum absolute atomic E-state index is 14.3. The number of phenolic OH excluding ortho intramolecular Hbond substituents is 1. The predicted molar refractivity (Wildman–Crippen MR) is 336 cm³/mol. The molecule has 0 radical (unpaired) electrons. The molecule has 0 aliphatic carbocycles. The van der Waals surface area contributed by atoms with E-state index in [0.29, 0.717) is 49.9 Å². The number of phenols is 1. The van der Waals surface area contributed by atoms with Crippen LogP contribution >= 0.6 is 11.8 Å². The van der Waals surface area contributed by atoms with Crippen molar-refractivity contribution in [2.75, 3.05) is 25.1 Å². The molecule has 23 N–H and O–H groups in total. The second-order valence-electron chi connectivity index (χ2n) is 22.8. The number of imidazole rings is 1. The Kier molecular flexibility index (Phi) is 35.6. The number of carbonyl (C=O) groups is 13. The van der Waals surface area contributed by atoms with Crippen molar-refractivity contribution >= 4 is 88.7 Å². The van der Waals surface area contributed by atoms with Crippen LogP contribution in [0.4, 0.5) is 0 Å². The van der Waals surface area contributed by atoms with Crippen molar-refractivity contribution in [2.45, 2.75) is 191 Å². The molecule has 1 aromatic heterocycles. The zero-order valence-corrected chi connectivity index (χ0v) is 53.7. The lowest BCUT2D eigenvalue weighted by molar-refractivity contribution is -0.145. The summed E-state index contributed by atoms with van der Waals surface area (Å²) in [5.41, 5.74) is 23.5. The molecule has 34 heteroatoms. The summed E-state index contributed by atoms with van der Waals surface area (Å²) < 4.78 is 0. The number of hydrogen-bond donors (Lipinski definition) is 19. The first-order valence-electron chi connectivity index (χ1n) is 30.2. The Balaban J connectivity index is 2.42. The number of carboxylic acid groups (broad SMARTS) is 2. The van der Waals surface area contributed by atoms with Gasteiger partial charge in [0.1, 0.15) is 60.1 Å². The number of H-pyrrole nitrogens is 1. The Morgan fingerprint density at radius 1 is 0.533 bits per heavy atom. The largest absolute Gasteiger partial charge is 0.508 e. The van der Waals surface area contributed by atoms with Gasteiger partial charge in [0.05, 0.1) is 24.9 Å². The standard InChI is InChI=1S/C58H94N16O17S/c1-29(2)45(56(88)68-38(18-19-43(62)77)50(82)70-40(24-33-14-16-35(76)17-15-33)55(87)74-47(32(6)75)58(90)91)73-52(84)39(20-23-92-7)67-54(86)42(26-44(78)79)71-57(89)46(30(3)4)72-51(83)37(13-9-11-22-60)66-53(85)41(25-34-27-63-28-64-34)69-48(80)31(5)65-49(81)36(61)12-8-10-21-59/h14-17,27-32,36-42,45-47,75-76H,8-13,18-26,59-61H2,1-7H3,(H2,62,77)(H,63,64)(H,65,81)(H,66,85)(H,67,86)(H,68,88)(H,69,80)(H,70,82)(H,71,89)(H,72,83)(H,73,84)(H,74,87)(H,78,79)(H,90,91)/t31-,32+,36-,37-,38-,39-,40-,41-,42-,45-,46-,47-/m0/s1. The molecule has 0 fully saturated rings. The zero-order valence-electron chi connectivity index (χ0n) is 52.9. The molecule has 12 atom stereocenters. The van der Waals surface area contributed by atoms with Crippen LogP contribution in [0.15, 0.2) is 36.8 Å². The highest BCUT2D eigenvalue weighted by Crippen LogP contribution is 2.15. The second kappa shape index (κ2) is 41.1. The van der Waals surface area contributed by atoms with Gasteiger partial charge in [0, 0.05) is 31.2 Å². The van der Waals surface area contributed by atoms with Gasteiger partial charge in [-0.05, 0) is 113 Å². The van der Waals surface area contributed by atoms with E-state index >= 15 is 0 Å². The van der Waals surface area contributed by atoms with Crippen molar-refractivity contribution in [3.63, 3.8) is 0 Å². The number of nitrogens with two attached hydrogens (primary N) is 4. The highest BCUT2D eigenvalue weighted by atomic mass is 32.2. The molecule has 0 bridgehead atoms. The first kappa shape index (κ1) is 79.6. The number of nitrogens with one attached hydrogen (secondary N) is 11. The maximum atomic E-state index is 14.3. The van der Waals surface area contributed by atoms with Crippen molar-refractivity contribution < 1.29 is 82.8 Å². The van der Waals surface area contributed by atoms with Crippen LogP contribution < -0.4 is 76.1 Å². The minimum Gasteiger partial charge on any atom is -0.508 e. The smallest absolute Gasteiger partial charge is 0.328 e. The Hall–Kier alpha value is -8.47. The normalized spacial score (nSPS) is 15.1. The average Bonchev–Trinajstić information content (AvgIpc) is 0.981. The van der Waals surface area contributed by atoms with Gasteiger partial charge in [-0.1, -0.05) is 46.2 Å². The Morgan fingerprint density at radius 2 is 0.978 bits per heavy atom. The van der Waals surface area contributed by atoms with Gasteiger partial charge in [-0.25, -0.2) is 9.78 Å². The van der Waals surface area contributed by atoms with Crippen molar-refractivity contribution in [1.82, 2.24) is 63.1 Å². The van der Waals surface area contributed by atoms with Crippen molar-refractivity contribution in [3.8, 4) is 5.75 Å². The molecule has 33 nitrogen and oxygen atoms in total. The number of hydrogen-bond acceptors (Lipinski definition) is 20. The first-order valence-corrected chi connectivity index (χ1v) is 31.6. The fourth-order valence-corrected chi connectivity index (χ4v) is 9.46. The Labute approximate surface area is 537 Å². The number of amides is 11. The molecule has 2 rings (SSSR count). The van der Waals surface area contributed by atoms with E-state index in [2.05, 4.69) is 63.1 Å². The van der Waals surface area contributed by atoms with Crippen molar-refractivity contribution in [2.24, 2.45) is 34.8 Å². The first-order chi connectivity index (χ1) is 43.3. The van der Waals surface area contributed by atoms with Gasteiger partial charge >= 0.3 is 11.9 Å². The van der Waals surface area contributed by atoms with Crippen LogP contribution in [0.3, 0.4) is 0 Å². The minimum atomic E-state index is -1.90. The van der Waals surface area contributed by atoms with E-state index in [1.165, 1.54) is 83.2 Å². The van der Waals surface area contributed by atoms with Gasteiger partial charge in [-0.2, -0.15) is 11.8 Å². The third-order valence-electron chi connectivity index (χ3n) is 14.4. The molecule has 0 saturated heterocycles. The number of benzene rings is 1. The molecule has 1 heterocycles. The minimum absolute atomic E-state index is 0.0256. The number of aliphatic carboxylic acids is 2. The number of aromatic amines is 1. The molecule has 2 aromatic rings. The molecule has 0 aliphatic rings. The van der Waals surface area contributed by atoms with Crippen LogP contribution in [0, 0.1) is 11.8 Å². The molecule has 0 saturated carbocycles. The second-order valence-corrected chi connectivity index (χ2v) is 23.8. The molecule has 0 unspecified atom stereocenters. The predicted octanol–water partition coefficient (Wildman–Crippen LogP) is -4.38. The molecule has 514 valence electrons. The number of aliphatic hydroxyl groups is 1. The fraction of sp³-hybridized carbons (Fsp3) is 0.621. The van der Waals surface area contributed by atoms with Gasteiger partial charge in [0.15, 0.2) is 6.04 Å². The fourth-order valence-electron chi connectivity index (χ4n) is 8.99. The van der Waals surface area contributed by atoms with E-state index in [1.54, 1.807) is 6.26 Å². The molecule has 0 aliphatic heterocycles. The lowest BCUT2D eigenvalue weighted by Gasteiger charge is -2.29. The highest BCUT2D eigenvalue weighted by Gasteiger charge is 2.38. The van der Waals surface area contributed by atoms with Gasteiger partial charge in [-0.3, -0.25) is 57.5 Å². The number of aromatic hydroxyl groups is 1. The molecule has 11 amide bonds. The summed E-state index contributed by atoms with van der Waals surface area (Å²) in [7, 11) is 0. The van der Waals surface area contributed by atoms with Crippen molar-refractivity contribution in [3.05, 3.63) is 48.0 Å². The van der Waals surface area contributed by atoms with Gasteiger partial charge in [0.25, 0.3) is 0 Å². The number of aromatic nitrogens is 2. The Morgan fingerprint density at radius 3 is 1.47 bits per heavy atom. The maximum Gasteiger partial charge on any atom is 0.328 e. The quantitative estimate of drug-likeness (QED) is 0.0279. The summed E-state index contributed by atoms with van der Waals surface area (Å²) in [6.45, 7) is 9.23. The molecular formula is C58H94N16O17S.